The monoisotopic (exact) mass is 242 g/mol. The highest BCUT2D eigenvalue weighted by Gasteiger charge is 2.26. The third kappa shape index (κ3) is 4.94. The van der Waals surface area contributed by atoms with E-state index in [1.165, 1.54) is 19.3 Å². The SMILES string of the molecule is CCCNC(CN(C)C(C)CC)C1CCOC1. The average Bonchev–Trinajstić information content (AvgIpc) is 2.86. The molecule has 3 unspecified atom stereocenters. The molecular formula is C14H30N2O. The van der Waals surface area contributed by atoms with Crippen LogP contribution in [0.3, 0.4) is 0 Å². The highest BCUT2D eigenvalue weighted by Crippen LogP contribution is 2.18. The van der Waals surface area contributed by atoms with Crippen molar-refractivity contribution in [3.05, 3.63) is 0 Å². The summed E-state index contributed by atoms with van der Waals surface area (Å²) in [7, 11) is 2.24. The van der Waals surface area contributed by atoms with Crippen LogP contribution in [0.25, 0.3) is 0 Å². The van der Waals surface area contributed by atoms with Gasteiger partial charge in [0.05, 0.1) is 6.61 Å². The second kappa shape index (κ2) is 8.06. The van der Waals surface area contributed by atoms with Gasteiger partial charge in [-0.2, -0.15) is 0 Å². The van der Waals surface area contributed by atoms with Crippen LogP contribution in [0.5, 0.6) is 0 Å². The molecule has 3 atom stereocenters. The summed E-state index contributed by atoms with van der Waals surface area (Å²) in [6.45, 7) is 10.9. The van der Waals surface area contributed by atoms with Crippen molar-refractivity contribution in [1.82, 2.24) is 10.2 Å². The summed E-state index contributed by atoms with van der Waals surface area (Å²) in [6, 6.07) is 1.26. The number of rotatable bonds is 8. The molecule has 1 saturated heterocycles. The van der Waals surface area contributed by atoms with Crippen LogP contribution >= 0.6 is 0 Å². The Labute approximate surface area is 107 Å². The maximum atomic E-state index is 5.53. The molecule has 1 aliphatic heterocycles. The summed E-state index contributed by atoms with van der Waals surface area (Å²) < 4.78 is 5.53. The van der Waals surface area contributed by atoms with Crippen molar-refractivity contribution < 1.29 is 4.74 Å². The Morgan fingerprint density at radius 1 is 1.41 bits per heavy atom. The molecule has 0 amide bonds. The van der Waals surface area contributed by atoms with Gasteiger partial charge in [-0.1, -0.05) is 13.8 Å². The Balaban J connectivity index is 2.44. The first-order valence-electron chi connectivity index (χ1n) is 7.20. The van der Waals surface area contributed by atoms with E-state index in [1.54, 1.807) is 0 Å². The standard InChI is InChI=1S/C14H30N2O/c1-5-8-15-14(13-7-9-17-11-13)10-16(4)12(3)6-2/h12-15H,5-11H2,1-4H3. The van der Waals surface area contributed by atoms with Gasteiger partial charge >= 0.3 is 0 Å². The Hall–Kier alpha value is -0.120. The maximum absolute atomic E-state index is 5.53. The van der Waals surface area contributed by atoms with Crippen LogP contribution in [0.4, 0.5) is 0 Å². The molecule has 1 fully saturated rings. The van der Waals surface area contributed by atoms with Crippen LogP contribution in [-0.4, -0.2) is 50.3 Å². The van der Waals surface area contributed by atoms with Crippen LogP contribution in [0.1, 0.15) is 40.0 Å². The number of hydrogen-bond acceptors (Lipinski definition) is 3. The van der Waals surface area contributed by atoms with E-state index in [0.29, 0.717) is 18.0 Å². The van der Waals surface area contributed by atoms with Crippen LogP contribution in [0.2, 0.25) is 0 Å². The van der Waals surface area contributed by atoms with E-state index in [2.05, 4.69) is 38.0 Å². The third-order valence-corrected chi connectivity index (χ3v) is 4.02. The average molecular weight is 242 g/mol. The third-order valence-electron chi connectivity index (χ3n) is 4.02. The summed E-state index contributed by atoms with van der Waals surface area (Å²) in [5, 5.41) is 3.70. The van der Waals surface area contributed by atoms with Crippen molar-refractivity contribution in [1.29, 1.82) is 0 Å². The fourth-order valence-corrected chi connectivity index (χ4v) is 2.38. The lowest BCUT2D eigenvalue weighted by Gasteiger charge is -2.31. The Bertz CT molecular complexity index is 193. The zero-order valence-electron chi connectivity index (χ0n) is 12.0. The highest BCUT2D eigenvalue weighted by molar-refractivity contribution is 4.82. The zero-order valence-corrected chi connectivity index (χ0v) is 12.0. The van der Waals surface area contributed by atoms with Crippen LogP contribution in [-0.2, 0) is 4.74 Å². The lowest BCUT2D eigenvalue weighted by atomic mass is 9.98. The molecule has 1 rings (SSSR count). The van der Waals surface area contributed by atoms with Gasteiger partial charge in [0.1, 0.15) is 0 Å². The van der Waals surface area contributed by atoms with Gasteiger partial charge in [0.15, 0.2) is 0 Å². The molecular weight excluding hydrogens is 212 g/mol. The lowest BCUT2D eigenvalue weighted by Crippen LogP contribution is -2.47. The summed E-state index contributed by atoms with van der Waals surface area (Å²) in [6.07, 6.45) is 3.64. The van der Waals surface area contributed by atoms with Crippen molar-refractivity contribution in [2.75, 3.05) is 33.4 Å². The van der Waals surface area contributed by atoms with E-state index in [9.17, 15) is 0 Å². The first-order chi connectivity index (χ1) is 8.19. The second-order valence-electron chi connectivity index (χ2n) is 5.38. The molecule has 0 radical (unpaired) electrons. The van der Waals surface area contributed by atoms with Crippen molar-refractivity contribution in [3.8, 4) is 0 Å². The van der Waals surface area contributed by atoms with Gasteiger partial charge in [0, 0.05) is 31.2 Å². The number of ether oxygens (including phenoxy) is 1. The molecule has 17 heavy (non-hydrogen) atoms. The molecule has 3 heteroatoms. The second-order valence-corrected chi connectivity index (χ2v) is 5.38. The van der Waals surface area contributed by atoms with Crippen molar-refractivity contribution in [2.24, 2.45) is 5.92 Å². The highest BCUT2D eigenvalue weighted by atomic mass is 16.5. The smallest absolute Gasteiger partial charge is 0.0510 e. The predicted molar refractivity (Wildman–Crippen MR) is 73.4 cm³/mol. The van der Waals surface area contributed by atoms with Gasteiger partial charge in [0.25, 0.3) is 0 Å². The molecule has 102 valence electrons. The quantitative estimate of drug-likeness (QED) is 0.705. The molecule has 0 aliphatic carbocycles. The Morgan fingerprint density at radius 3 is 2.71 bits per heavy atom. The summed E-state index contributed by atoms with van der Waals surface area (Å²) in [5.41, 5.74) is 0. The molecule has 1 N–H and O–H groups in total. The van der Waals surface area contributed by atoms with E-state index < -0.39 is 0 Å². The molecule has 0 aromatic heterocycles. The van der Waals surface area contributed by atoms with Crippen molar-refractivity contribution in [3.63, 3.8) is 0 Å². The fourth-order valence-electron chi connectivity index (χ4n) is 2.38. The predicted octanol–water partition coefficient (Wildman–Crippen LogP) is 2.12. The number of hydrogen-bond donors (Lipinski definition) is 1. The van der Waals surface area contributed by atoms with Gasteiger partial charge < -0.3 is 15.0 Å². The van der Waals surface area contributed by atoms with Crippen LogP contribution < -0.4 is 5.32 Å². The molecule has 1 aliphatic rings. The van der Waals surface area contributed by atoms with Crippen molar-refractivity contribution >= 4 is 0 Å². The van der Waals surface area contributed by atoms with E-state index in [4.69, 9.17) is 4.74 Å². The van der Waals surface area contributed by atoms with Gasteiger partial charge in [-0.05, 0) is 39.8 Å². The first-order valence-corrected chi connectivity index (χ1v) is 7.20. The minimum Gasteiger partial charge on any atom is -0.381 e. The van der Waals surface area contributed by atoms with E-state index in [1.807, 2.05) is 0 Å². The van der Waals surface area contributed by atoms with E-state index in [-0.39, 0.29) is 0 Å². The lowest BCUT2D eigenvalue weighted by molar-refractivity contribution is 0.156. The van der Waals surface area contributed by atoms with Gasteiger partial charge in [0.2, 0.25) is 0 Å². The van der Waals surface area contributed by atoms with Crippen LogP contribution in [0, 0.1) is 5.92 Å². The number of nitrogens with zero attached hydrogens (tertiary/aromatic N) is 1. The van der Waals surface area contributed by atoms with Gasteiger partial charge in [-0.15, -0.1) is 0 Å². The summed E-state index contributed by atoms with van der Waals surface area (Å²) >= 11 is 0. The molecule has 0 aromatic carbocycles. The normalized spacial score (nSPS) is 24.2. The number of likely N-dealkylation sites (N-methyl/N-ethyl adjacent to an activating group) is 1. The molecule has 3 nitrogen and oxygen atoms in total. The summed E-state index contributed by atoms with van der Waals surface area (Å²) in [4.78, 5) is 2.48. The van der Waals surface area contributed by atoms with E-state index in [0.717, 1.165) is 26.3 Å². The van der Waals surface area contributed by atoms with Gasteiger partial charge in [-0.3, -0.25) is 0 Å². The largest absolute Gasteiger partial charge is 0.381 e. The first kappa shape index (κ1) is 14.9. The van der Waals surface area contributed by atoms with Crippen molar-refractivity contribution in [2.45, 2.75) is 52.1 Å². The van der Waals surface area contributed by atoms with Crippen LogP contribution in [0.15, 0.2) is 0 Å². The van der Waals surface area contributed by atoms with Gasteiger partial charge in [-0.25, -0.2) is 0 Å². The Kier molecular flexibility index (Phi) is 7.09. The number of nitrogens with one attached hydrogen (secondary N) is 1. The fraction of sp³-hybridized carbons (Fsp3) is 1.00. The minimum absolute atomic E-state index is 0.594. The zero-order chi connectivity index (χ0) is 12.7. The topological polar surface area (TPSA) is 24.5 Å². The maximum Gasteiger partial charge on any atom is 0.0510 e. The molecule has 0 saturated carbocycles. The molecule has 0 spiro atoms. The molecule has 0 bridgehead atoms. The summed E-state index contributed by atoms with van der Waals surface area (Å²) in [5.74, 6) is 0.702. The van der Waals surface area contributed by atoms with E-state index >= 15 is 0 Å². The molecule has 1 heterocycles. The minimum atomic E-state index is 0.594. The Morgan fingerprint density at radius 2 is 2.18 bits per heavy atom. The molecule has 0 aromatic rings.